The molecule has 144 valence electrons. The van der Waals surface area contributed by atoms with Crippen molar-refractivity contribution in [2.24, 2.45) is 10.4 Å². The van der Waals surface area contributed by atoms with Crippen LogP contribution in [0.25, 0.3) is 0 Å². The fourth-order valence-electron chi connectivity index (χ4n) is 2.42. The summed E-state index contributed by atoms with van der Waals surface area (Å²) >= 11 is 0. The molecule has 6 nitrogen and oxygen atoms in total. The Labute approximate surface area is 168 Å². The number of rotatable bonds is 7. The number of aliphatic imine (C=N–C) groups is 1. The number of nitrogens with one attached hydrogen (secondary N) is 2. The first-order chi connectivity index (χ1) is 11.4. The predicted molar refractivity (Wildman–Crippen MR) is 113 cm³/mol. The Bertz CT molecular complexity index is 545. The Morgan fingerprint density at radius 1 is 1.12 bits per heavy atom. The van der Waals surface area contributed by atoms with Crippen molar-refractivity contribution < 1.29 is 14.2 Å². The van der Waals surface area contributed by atoms with Crippen molar-refractivity contribution in [3.05, 3.63) is 23.8 Å². The van der Waals surface area contributed by atoms with Crippen LogP contribution in [0.3, 0.4) is 0 Å². The predicted octanol–water partition coefficient (Wildman–Crippen LogP) is 3.05. The van der Waals surface area contributed by atoms with E-state index < -0.39 is 0 Å². The SMILES string of the molecule is CN=C(NCc1cccc(OC)c1OC)NCC(OC)C(C)(C)C.I. The van der Waals surface area contributed by atoms with Gasteiger partial charge in [0.2, 0.25) is 0 Å². The van der Waals surface area contributed by atoms with E-state index in [0.29, 0.717) is 24.8 Å². The lowest BCUT2D eigenvalue weighted by molar-refractivity contribution is 0.0205. The molecule has 1 aromatic rings. The highest BCUT2D eigenvalue weighted by Gasteiger charge is 2.24. The molecular weight excluding hydrogens is 433 g/mol. The van der Waals surface area contributed by atoms with E-state index in [1.807, 2.05) is 18.2 Å². The Balaban J connectivity index is 0.00000576. The molecule has 1 unspecified atom stereocenters. The topological polar surface area (TPSA) is 64.1 Å². The number of nitrogens with zero attached hydrogens (tertiary/aromatic N) is 1. The molecular formula is C18H32IN3O3. The van der Waals surface area contributed by atoms with Gasteiger partial charge >= 0.3 is 0 Å². The molecule has 2 N–H and O–H groups in total. The van der Waals surface area contributed by atoms with Crippen LogP contribution in [0.4, 0.5) is 0 Å². The number of benzene rings is 1. The first-order valence-electron chi connectivity index (χ1n) is 8.04. The Morgan fingerprint density at radius 3 is 2.28 bits per heavy atom. The van der Waals surface area contributed by atoms with Crippen molar-refractivity contribution in [3.63, 3.8) is 0 Å². The minimum Gasteiger partial charge on any atom is -0.493 e. The van der Waals surface area contributed by atoms with Crippen LogP contribution in [-0.2, 0) is 11.3 Å². The zero-order chi connectivity index (χ0) is 18.2. The van der Waals surface area contributed by atoms with E-state index in [4.69, 9.17) is 14.2 Å². The van der Waals surface area contributed by atoms with E-state index >= 15 is 0 Å². The summed E-state index contributed by atoms with van der Waals surface area (Å²) in [5.74, 6) is 2.16. The van der Waals surface area contributed by atoms with Crippen LogP contribution in [0.1, 0.15) is 26.3 Å². The van der Waals surface area contributed by atoms with Crippen LogP contribution in [0, 0.1) is 5.41 Å². The third-order valence-corrected chi connectivity index (χ3v) is 3.86. The van der Waals surface area contributed by atoms with E-state index in [1.54, 1.807) is 28.4 Å². The van der Waals surface area contributed by atoms with Crippen LogP contribution in [-0.4, -0.2) is 47.0 Å². The molecule has 7 heteroatoms. The minimum absolute atomic E-state index is 0. The molecule has 0 heterocycles. The number of para-hydroxylation sites is 1. The molecule has 0 radical (unpaired) electrons. The molecule has 1 atom stereocenters. The average Bonchev–Trinajstić information content (AvgIpc) is 2.56. The third kappa shape index (κ3) is 7.27. The number of guanidine groups is 1. The molecule has 0 aliphatic carbocycles. The van der Waals surface area contributed by atoms with Crippen molar-refractivity contribution in [2.75, 3.05) is 34.9 Å². The van der Waals surface area contributed by atoms with Gasteiger partial charge in [0.15, 0.2) is 17.5 Å². The highest BCUT2D eigenvalue weighted by molar-refractivity contribution is 14.0. The van der Waals surface area contributed by atoms with Crippen molar-refractivity contribution in [3.8, 4) is 11.5 Å². The van der Waals surface area contributed by atoms with E-state index in [2.05, 4.69) is 36.4 Å². The minimum atomic E-state index is 0. The van der Waals surface area contributed by atoms with Crippen molar-refractivity contribution in [1.82, 2.24) is 10.6 Å². The third-order valence-electron chi connectivity index (χ3n) is 3.86. The molecule has 0 saturated heterocycles. The van der Waals surface area contributed by atoms with Gasteiger partial charge in [0.25, 0.3) is 0 Å². The Morgan fingerprint density at radius 2 is 1.80 bits per heavy atom. The molecule has 0 aliphatic rings. The van der Waals surface area contributed by atoms with E-state index in [9.17, 15) is 0 Å². The Hall–Kier alpha value is -1.22. The van der Waals surface area contributed by atoms with Crippen LogP contribution in [0.15, 0.2) is 23.2 Å². The fraction of sp³-hybridized carbons (Fsp3) is 0.611. The first kappa shape index (κ1) is 23.8. The number of hydrogen-bond acceptors (Lipinski definition) is 4. The van der Waals surface area contributed by atoms with Crippen LogP contribution >= 0.6 is 24.0 Å². The van der Waals surface area contributed by atoms with Gasteiger partial charge in [-0.15, -0.1) is 24.0 Å². The summed E-state index contributed by atoms with van der Waals surface area (Å²) < 4.78 is 16.3. The van der Waals surface area contributed by atoms with Gasteiger partial charge < -0.3 is 24.8 Å². The van der Waals surface area contributed by atoms with Gasteiger partial charge in [-0.3, -0.25) is 4.99 Å². The highest BCUT2D eigenvalue weighted by atomic mass is 127. The first-order valence-corrected chi connectivity index (χ1v) is 8.04. The summed E-state index contributed by atoms with van der Waals surface area (Å²) in [6.45, 7) is 7.71. The normalized spacial score (nSPS) is 12.8. The molecule has 0 fully saturated rings. The molecule has 0 spiro atoms. The highest BCUT2D eigenvalue weighted by Crippen LogP contribution is 2.30. The number of methoxy groups -OCH3 is 3. The quantitative estimate of drug-likeness (QED) is 0.368. The fourth-order valence-corrected chi connectivity index (χ4v) is 2.42. The van der Waals surface area contributed by atoms with Crippen LogP contribution < -0.4 is 20.1 Å². The van der Waals surface area contributed by atoms with Gasteiger partial charge in [-0.05, 0) is 11.5 Å². The summed E-state index contributed by atoms with van der Waals surface area (Å²) in [6.07, 6.45) is 0.0856. The van der Waals surface area contributed by atoms with Crippen molar-refractivity contribution >= 4 is 29.9 Å². The molecule has 0 bridgehead atoms. The summed E-state index contributed by atoms with van der Waals surface area (Å²) in [7, 11) is 6.75. The lowest BCUT2D eigenvalue weighted by atomic mass is 9.89. The summed E-state index contributed by atoms with van der Waals surface area (Å²) in [5, 5.41) is 6.60. The molecule has 1 aromatic carbocycles. The lowest BCUT2D eigenvalue weighted by Gasteiger charge is -2.30. The Kier molecular flexibility index (Phi) is 10.8. The lowest BCUT2D eigenvalue weighted by Crippen LogP contribution is -2.45. The second-order valence-corrected chi connectivity index (χ2v) is 6.55. The van der Waals surface area contributed by atoms with E-state index in [-0.39, 0.29) is 35.5 Å². The summed E-state index contributed by atoms with van der Waals surface area (Å²) in [5.41, 5.74) is 1.05. The van der Waals surface area contributed by atoms with Crippen LogP contribution in [0.2, 0.25) is 0 Å². The zero-order valence-corrected chi connectivity index (χ0v) is 18.6. The second-order valence-electron chi connectivity index (χ2n) is 6.55. The smallest absolute Gasteiger partial charge is 0.191 e. The average molecular weight is 465 g/mol. The number of hydrogen-bond donors (Lipinski definition) is 2. The monoisotopic (exact) mass is 465 g/mol. The van der Waals surface area contributed by atoms with Crippen molar-refractivity contribution in [2.45, 2.75) is 33.4 Å². The molecule has 1 rings (SSSR count). The zero-order valence-electron chi connectivity index (χ0n) is 16.3. The molecule has 0 aromatic heterocycles. The standard InChI is InChI=1S/C18H31N3O3.HI/c1-18(2,3)15(23-6)12-21-17(19-4)20-11-13-9-8-10-14(22-5)16(13)24-7;/h8-10,15H,11-12H2,1-7H3,(H2,19,20,21);1H. The maximum absolute atomic E-state index is 5.56. The number of halogens is 1. The second kappa shape index (κ2) is 11.4. The molecule has 0 saturated carbocycles. The van der Waals surface area contributed by atoms with Gasteiger partial charge in [0.1, 0.15) is 0 Å². The maximum atomic E-state index is 5.56. The van der Waals surface area contributed by atoms with E-state index in [0.717, 1.165) is 11.3 Å². The van der Waals surface area contributed by atoms with Crippen molar-refractivity contribution in [1.29, 1.82) is 0 Å². The molecule has 0 aliphatic heterocycles. The van der Waals surface area contributed by atoms with Gasteiger partial charge in [-0.25, -0.2) is 0 Å². The maximum Gasteiger partial charge on any atom is 0.191 e. The van der Waals surface area contributed by atoms with Gasteiger partial charge in [-0.1, -0.05) is 32.9 Å². The summed E-state index contributed by atoms with van der Waals surface area (Å²) in [4.78, 5) is 4.26. The molecule has 25 heavy (non-hydrogen) atoms. The van der Waals surface area contributed by atoms with Crippen LogP contribution in [0.5, 0.6) is 11.5 Å². The van der Waals surface area contributed by atoms with Gasteiger partial charge in [0, 0.05) is 32.8 Å². The van der Waals surface area contributed by atoms with E-state index in [1.165, 1.54) is 0 Å². The molecule has 0 amide bonds. The largest absolute Gasteiger partial charge is 0.493 e. The number of ether oxygens (including phenoxy) is 3. The van der Waals surface area contributed by atoms with Gasteiger partial charge in [0.05, 0.1) is 20.3 Å². The van der Waals surface area contributed by atoms with Gasteiger partial charge in [-0.2, -0.15) is 0 Å². The summed E-state index contributed by atoms with van der Waals surface area (Å²) in [6, 6.07) is 5.81.